The van der Waals surface area contributed by atoms with E-state index in [1.165, 1.54) is 0 Å². The minimum atomic E-state index is 0.338. The molecule has 66 valence electrons. The van der Waals surface area contributed by atoms with Crippen molar-refractivity contribution in [1.29, 1.82) is 0 Å². The first kappa shape index (κ1) is 9.46. The lowest BCUT2D eigenvalue weighted by atomic mass is 10.3. The van der Waals surface area contributed by atoms with Gasteiger partial charge >= 0.3 is 0 Å². The molecular weight excluding hydrogens is 168 g/mol. The average Bonchev–Trinajstić information content (AvgIpc) is 2.16. The topological polar surface area (TPSA) is 9.23 Å². The normalized spacial score (nSPS) is 12.5. The fourth-order valence-electron chi connectivity index (χ4n) is 0.827. The summed E-state index contributed by atoms with van der Waals surface area (Å²) in [5, 5.41) is 0.338. The van der Waals surface area contributed by atoms with Crippen LogP contribution in [0.2, 0.25) is 0 Å². The highest BCUT2D eigenvalue weighted by Gasteiger charge is 1.99. The minimum Gasteiger partial charge on any atom is -0.492 e. The van der Waals surface area contributed by atoms with Crippen LogP contribution in [-0.2, 0) is 0 Å². The molecule has 2 heteroatoms. The molecule has 0 N–H and O–H groups in total. The monoisotopic (exact) mass is 182 g/mol. The highest BCUT2D eigenvalue weighted by atomic mass is 32.1. The van der Waals surface area contributed by atoms with Gasteiger partial charge in [-0.25, -0.2) is 0 Å². The zero-order valence-electron chi connectivity index (χ0n) is 7.23. The Morgan fingerprint density at radius 3 is 2.58 bits per heavy atom. The first-order chi connectivity index (χ1) is 5.83. The molecule has 0 aliphatic rings. The lowest BCUT2D eigenvalue weighted by Crippen LogP contribution is -2.10. The maximum Gasteiger partial charge on any atom is 0.119 e. The molecule has 1 aromatic rings. The van der Waals surface area contributed by atoms with Gasteiger partial charge in [0.1, 0.15) is 5.75 Å². The zero-order valence-corrected chi connectivity index (χ0v) is 8.13. The van der Waals surface area contributed by atoms with E-state index in [0.29, 0.717) is 11.9 Å². The standard InChI is InChI=1S/C10H14OS/c1-2-10(12)8-11-9-6-4-3-5-7-9/h3-7,10,12H,2,8H2,1H3. The Labute approximate surface area is 79.2 Å². The van der Waals surface area contributed by atoms with Crippen molar-refractivity contribution in [3.05, 3.63) is 30.3 Å². The molecule has 0 fully saturated rings. The minimum absolute atomic E-state index is 0.338. The van der Waals surface area contributed by atoms with Gasteiger partial charge in [-0.2, -0.15) is 12.6 Å². The SMILES string of the molecule is CCC(S)COc1ccccc1. The first-order valence-electron chi connectivity index (χ1n) is 4.19. The van der Waals surface area contributed by atoms with Gasteiger partial charge in [0.2, 0.25) is 0 Å². The predicted molar refractivity (Wildman–Crippen MR) is 55.0 cm³/mol. The van der Waals surface area contributed by atoms with Gasteiger partial charge in [0.25, 0.3) is 0 Å². The molecule has 0 aromatic heterocycles. The van der Waals surface area contributed by atoms with Gasteiger partial charge in [-0.15, -0.1) is 0 Å². The number of hydrogen-bond acceptors (Lipinski definition) is 2. The molecule has 0 saturated carbocycles. The van der Waals surface area contributed by atoms with Crippen molar-refractivity contribution in [2.75, 3.05) is 6.61 Å². The Balaban J connectivity index is 2.33. The summed E-state index contributed by atoms with van der Waals surface area (Å²) in [6.07, 6.45) is 1.04. The highest BCUT2D eigenvalue weighted by Crippen LogP contribution is 2.10. The zero-order chi connectivity index (χ0) is 8.81. The first-order valence-corrected chi connectivity index (χ1v) is 4.70. The number of rotatable bonds is 4. The molecule has 1 nitrogen and oxygen atoms in total. The summed E-state index contributed by atoms with van der Waals surface area (Å²) < 4.78 is 5.48. The Hall–Kier alpha value is -0.630. The number of ether oxygens (including phenoxy) is 1. The Morgan fingerprint density at radius 2 is 2.00 bits per heavy atom. The van der Waals surface area contributed by atoms with Crippen LogP contribution in [0.3, 0.4) is 0 Å². The summed E-state index contributed by atoms with van der Waals surface area (Å²) in [4.78, 5) is 0. The smallest absolute Gasteiger partial charge is 0.119 e. The average molecular weight is 182 g/mol. The van der Waals surface area contributed by atoms with E-state index in [0.717, 1.165) is 12.2 Å². The summed E-state index contributed by atoms with van der Waals surface area (Å²) in [5.74, 6) is 0.921. The second-order valence-electron chi connectivity index (χ2n) is 2.69. The lowest BCUT2D eigenvalue weighted by Gasteiger charge is -2.09. The van der Waals surface area contributed by atoms with E-state index in [-0.39, 0.29) is 0 Å². The molecule has 0 bridgehead atoms. The van der Waals surface area contributed by atoms with E-state index in [1.807, 2.05) is 30.3 Å². The molecule has 0 amide bonds. The number of thiol groups is 1. The van der Waals surface area contributed by atoms with Crippen molar-refractivity contribution in [3.8, 4) is 5.75 Å². The highest BCUT2D eigenvalue weighted by molar-refractivity contribution is 7.81. The molecule has 12 heavy (non-hydrogen) atoms. The van der Waals surface area contributed by atoms with Crippen LogP contribution in [0.1, 0.15) is 13.3 Å². The number of hydrogen-bond donors (Lipinski definition) is 1. The van der Waals surface area contributed by atoms with Gasteiger partial charge in [0.15, 0.2) is 0 Å². The summed E-state index contributed by atoms with van der Waals surface area (Å²) in [5.41, 5.74) is 0. The maximum atomic E-state index is 5.48. The molecular formula is C10H14OS. The second-order valence-corrected chi connectivity index (χ2v) is 3.42. The van der Waals surface area contributed by atoms with Crippen LogP contribution < -0.4 is 4.74 Å². The molecule has 1 atom stereocenters. The molecule has 0 aliphatic carbocycles. The molecule has 0 aliphatic heterocycles. The van der Waals surface area contributed by atoms with Crippen molar-refractivity contribution in [2.45, 2.75) is 18.6 Å². The molecule has 0 heterocycles. The number of benzene rings is 1. The van der Waals surface area contributed by atoms with E-state index in [1.54, 1.807) is 0 Å². The molecule has 0 saturated heterocycles. The third kappa shape index (κ3) is 3.18. The van der Waals surface area contributed by atoms with Crippen molar-refractivity contribution in [3.63, 3.8) is 0 Å². The molecule has 0 radical (unpaired) electrons. The van der Waals surface area contributed by atoms with Crippen molar-refractivity contribution >= 4 is 12.6 Å². The van der Waals surface area contributed by atoms with Crippen molar-refractivity contribution < 1.29 is 4.74 Å². The maximum absolute atomic E-state index is 5.48. The third-order valence-electron chi connectivity index (χ3n) is 1.66. The van der Waals surface area contributed by atoms with Gasteiger partial charge < -0.3 is 4.74 Å². The second kappa shape index (κ2) is 5.09. The molecule has 1 aromatic carbocycles. The number of para-hydroxylation sites is 1. The van der Waals surface area contributed by atoms with E-state index < -0.39 is 0 Å². The Kier molecular flexibility index (Phi) is 4.01. The summed E-state index contributed by atoms with van der Waals surface area (Å²) in [7, 11) is 0. The predicted octanol–water partition coefficient (Wildman–Crippen LogP) is 2.77. The van der Waals surface area contributed by atoms with Crippen LogP contribution in [-0.4, -0.2) is 11.9 Å². The largest absolute Gasteiger partial charge is 0.492 e. The molecule has 0 spiro atoms. The third-order valence-corrected chi connectivity index (χ3v) is 2.17. The summed E-state index contributed by atoms with van der Waals surface area (Å²) >= 11 is 4.34. The lowest BCUT2D eigenvalue weighted by molar-refractivity contribution is 0.315. The van der Waals surface area contributed by atoms with Gasteiger partial charge in [-0.1, -0.05) is 25.1 Å². The van der Waals surface area contributed by atoms with Crippen LogP contribution in [0, 0.1) is 0 Å². The van der Waals surface area contributed by atoms with E-state index >= 15 is 0 Å². The van der Waals surface area contributed by atoms with Crippen LogP contribution in [0.5, 0.6) is 5.75 Å². The molecule has 1 rings (SSSR count). The van der Waals surface area contributed by atoms with Crippen molar-refractivity contribution in [2.24, 2.45) is 0 Å². The molecule has 1 unspecified atom stereocenters. The van der Waals surface area contributed by atoms with Gasteiger partial charge in [-0.05, 0) is 18.6 Å². The summed E-state index contributed by atoms with van der Waals surface area (Å²) in [6, 6.07) is 9.82. The van der Waals surface area contributed by atoms with Gasteiger partial charge in [-0.3, -0.25) is 0 Å². The van der Waals surface area contributed by atoms with E-state index in [4.69, 9.17) is 4.74 Å². The van der Waals surface area contributed by atoms with E-state index in [2.05, 4.69) is 19.6 Å². The van der Waals surface area contributed by atoms with Gasteiger partial charge in [0, 0.05) is 5.25 Å². The fraction of sp³-hybridized carbons (Fsp3) is 0.400. The quantitative estimate of drug-likeness (QED) is 0.704. The van der Waals surface area contributed by atoms with Crippen LogP contribution >= 0.6 is 12.6 Å². The summed E-state index contributed by atoms with van der Waals surface area (Å²) in [6.45, 7) is 2.79. The fourth-order valence-corrected chi connectivity index (χ4v) is 0.902. The van der Waals surface area contributed by atoms with E-state index in [9.17, 15) is 0 Å². The van der Waals surface area contributed by atoms with Gasteiger partial charge in [0.05, 0.1) is 6.61 Å². The Bertz CT molecular complexity index is 210. The van der Waals surface area contributed by atoms with Crippen LogP contribution in [0.15, 0.2) is 30.3 Å². The Morgan fingerprint density at radius 1 is 1.33 bits per heavy atom. The van der Waals surface area contributed by atoms with Crippen LogP contribution in [0.25, 0.3) is 0 Å². The van der Waals surface area contributed by atoms with Crippen molar-refractivity contribution in [1.82, 2.24) is 0 Å². The van der Waals surface area contributed by atoms with Crippen LogP contribution in [0.4, 0.5) is 0 Å².